The van der Waals surface area contributed by atoms with E-state index < -0.39 is 20.0 Å². The van der Waals surface area contributed by atoms with E-state index in [0.717, 1.165) is 28.6 Å². The summed E-state index contributed by atoms with van der Waals surface area (Å²) < 4.78 is 31.8. The standard InChI is InChI=1S/C23H27ClN2O3S2/c1-23(24)11-4-3-8-21(23)31(27,28)20-9-12-26(13-10-20)22-25-18(16-30-22)14-17-6-5-7-19(15-17)29-2/h3-8,11,15-16,20-21H,9-10,12-14H2,1-2H3. The lowest BCUT2D eigenvalue weighted by Gasteiger charge is -2.36. The number of sulfone groups is 1. The second-order valence-corrected chi connectivity index (χ2v) is 12.2. The predicted octanol–water partition coefficient (Wildman–Crippen LogP) is 4.62. The van der Waals surface area contributed by atoms with Crippen LogP contribution in [0.25, 0.3) is 0 Å². The summed E-state index contributed by atoms with van der Waals surface area (Å²) in [6.45, 7) is 3.13. The Morgan fingerprint density at radius 1 is 1.29 bits per heavy atom. The van der Waals surface area contributed by atoms with E-state index in [1.54, 1.807) is 43.6 Å². The van der Waals surface area contributed by atoms with Crippen LogP contribution in [0.15, 0.2) is 53.9 Å². The van der Waals surface area contributed by atoms with Gasteiger partial charge >= 0.3 is 0 Å². The van der Waals surface area contributed by atoms with Crippen molar-refractivity contribution in [3.05, 3.63) is 65.2 Å². The molecule has 2 unspecified atom stereocenters. The van der Waals surface area contributed by atoms with Gasteiger partial charge in [0.15, 0.2) is 15.0 Å². The lowest BCUT2D eigenvalue weighted by Crippen LogP contribution is -2.47. The Labute approximate surface area is 193 Å². The van der Waals surface area contributed by atoms with Crippen molar-refractivity contribution in [2.45, 2.75) is 41.6 Å². The Hall–Kier alpha value is -1.83. The van der Waals surface area contributed by atoms with E-state index >= 15 is 0 Å². The van der Waals surface area contributed by atoms with Crippen molar-refractivity contribution in [1.29, 1.82) is 0 Å². The molecule has 5 nitrogen and oxygen atoms in total. The first-order valence-electron chi connectivity index (χ1n) is 10.4. The van der Waals surface area contributed by atoms with E-state index in [1.807, 2.05) is 24.3 Å². The number of hydrogen-bond acceptors (Lipinski definition) is 6. The molecule has 1 aliphatic carbocycles. The first-order valence-corrected chi connectivity index (χ1v) is 13.3. The molecular weight excluding hydrogens is 452 g/mol. The Kier molecular flexibility index (Phi) is 6.47. The molecule has 2 aliphatic rings. The normalized spacial score (nSPS) is 24.5. The smallest absolute Gasteiger partial charge is 0.185 e. The minimum Gasteiger partial charge on any atom is -0.497 e. The zero-order valence-corrected chi connectivity index (χ0v) is 20.1. The molecule has 1 aliphatic heterocycles. The quantitative estimate of drug-likeness (QED) is 0.567. The number of piperidine rings is 1. The van der Waals surface area contributed by atoms with Crippen molar-refractivity contribution in [1.82, 2.24) is 4.98 Å². The van der Waals surface area contributed by atoms with Gasteiger partial charge in [0.1, 0.15) is 11.0 Å². The van der Waals surface area contributed by atoms with Gasteiger partial charge in [-0.25, -0.2) is 13.4 Å². The molecule has 2 atom stereocenters. The molecule has 1 saturated heterocycles. The van der Waals surface area contributed by atoms with Crippen LogP contribution in [0.2, 0.25) is 0 Å². The van der Waals surface area contributed by atoms with Gasteiger partial charge < -0.3 is 9.64 Å². The van der Waals surface area contributed by atoms with Crippen LogP contribution < -0.4 is 9.64 Å². The average Bonchev–Trinajstić information content (AvgIpc) is 3.22. The highest BCUT2D eigenvalue weighted by molar-refractivity contribution is 7.93. The molecule has 0 amide bonds. The summed E-state index contributed by atoms with van der Waals surface area (Å²) in [5, 5.41) is 1.98. The van der Waals surface area contributed by atoms with E-state index in [-0.39, 0.29) is 5.25 Å². The van der Waals surface area contributed by atoms with E-state index in [4.69, 9.17) is 21.3 Å². The molecule has 8 heteroatoms. The highest BCUT2D eigenvalue weighted by atomic mass is 35.5. The van der Waals surface area contributed by atoms with E-state index in [2.05, 4.69) is 16.3 Å². The number of thiazole rings is 1. The molecule has 0 spiro atoms. The zero-order chi connectivity index (χ0) is 22.1. The summed E-state index contributed by atoms with van der Waals surface area (Å²) in [5.74, 6) is 0.840. The molecule has 166 valence electrons. The van der Waals surface area contributed by atoms with Gasteiger partial charge in [0.2, 0.25) is 0 Å². The minimum absolute atomic E-state index is 0.376. The molecule has 0 N–H and O–H groups in total. The second-order valence-electron chi connectivity index (χ2n) is 8.24. The second kappa shape index (κ2) is 8.96. The Morgan fingerprint density at radius 2 is 2.06 bits per heavy atom. The maximum absolute atomic E-state index is 13.2. The van der Waals surface area contributed by atoms with Crippen LogP contribution in [0.3, 0.4) is 0 Å². The van der Waals surface area contributed by atoms with Crippen molar-refractivity contribution < 1.29 is 13.2 Å². The highest BCUT2D eigenvalue weighted by Crippen LogP contribution is 2.36. The maximum atomic E-state index is 13.2. The average molecular weight is 479 g/mol. The molecule has 0 saturated carbocycles. The third-order valence-electron chi connectivity index (χ3n) is 5.97. The van der Waals surface area contributed by atoms with Crippen LogP contribution in [0.5, 0.6) is 5.75 Å². The predicted molar refractivity (Wildman–Crippen MR) is 128 cm³/mol. The monoisotopic (exact) mass is 478 g/mol. The molecule has 0 radical (unpaired) electrons. The van der Waals surface area contributed by atoms with Crippen LogP contribution in [-0.4, -0.2) is 49.0 Å². The SMILES string of the molecule is COc1cccc(Cc2csc(N3CCC(S(=O)(=O)C4C=CC=CC4(C)Cl)CC3)n2)c1. The molecule has 1 aromatic heterocycles. The fourth-order valence-electron chi connectivity index (χ4n) is 4.22. The van der Waals surface area contributed by atoms with Crippen molar-refractivity contribution in [2.24, 2.45) is 0 Å². The van der Waals surface area contributed by atoms with Gasteiger partial charge in [-0.1, -0.05) is 36.4 Å². The van der Waals surface area contributed by atoms with E-state index in [1.165, 1.54) is 0 Å². The lowest BCUT2D eigenvalue weighted by molar-refractivity contribution is 0.414. The van der Waals surface area contributed by atoms with Crippen LogP contribution >= 0.6 is 22.9 Å². The minimum atomic E-state index is -3.37. The fourth-order valence-corrected chi connectivity index (χ4v) is 7.93. The first-order chi connectivity index (χ1) is 14.8. The summed E-state index contributed by atoms with van der Waals surface area (Å²) in [6, 6.07) is 8.00. The number of alkyl halides is 1. The number of anilines is 1. The van der Waals surface area contributed by atoms with Crippen molar-refractivity contribution in [3.63, 3.8) is 0 Å². The number of hydrogen-bond donors (Lipinski definition) is 0. The summed E-state index contributed by atoms with van der Waals surface area (Å²) in [6.07, 6.45) is 9.01. The molecule has 31 heavy (non-hydrogen) atoms. The number of benzene rings is 1. The topological polar surface area (TPSA) is 59.5 Å². The summed E-state index contributed by atoms with van der Waals surface area (Å²) in [4.78, 5) is 6.10. The molecule has 1 fully saturated rings. The van der Waals surface area contributed by atoms with Gasteiger partial charge in [0, 0.05) is 24.9 Å². The van der Waals surface area contributed by atoms with Gasteiger partial charge in [0.05, 0.1) is 22.9 Å². The summed E-state index contributed by atoms with van der Waals surface area (Å²) in [7, 11) is -1.70. The third kappa shape index (κ3) is 4.83. The Morgan fingerprint density at radius 3 is 2.77 bits per heavy atom. The molecule has 0 bridgehead atoms. The molecule has 2 aromatic rings. The van der Waals surface area contributed by atoms with E-state index in [0.29, 0.717) is 25.9 Å². The molecular formula is C23H27ClN2O3S2. The number of rotatable bonds is 6. The number of allylic oxidation sites excluding steroid dienone is 3. The highest BCUT2D eigenvalue weighted by Gasteiger charge is 2.44. The number of nitrogens with zero attached hydrogens (tertiary/aromatic N) is 2. The molecule has 2 heterocycles. The van der Waals surface area contributed by atoms with Crippen LogP contribution in [-0.2, 0) is 16.3 Å². The van der Waals surface area contributed by atoms with Gasteiger partial charge in [-0.2, -0.15) is 0 Å². The van der Waals surface area contributed by atoms with Crippen molar-refractivity contribution in [2.75, 3.05) is 25.1 Å². The number of aromatic nitrogens is 1. The molecule has 1 aromatic carbocycles. The maximum Gasteiger partial charge on any atom is 0.185 e. The van der Waals surface area contributed by atoms with Crippen LogP contribution in [0, 0.1) is 0 Å². The number of ether oxygens (including phenoxy) is 1. The third-order valence-corrected chi connectivity index (χ3v) is 10.2. The summed E-state index contributed by atoms with van der Waals surface area (Å²) in [5.41, 5.74) is 2.17. The lowest BCUT2D eigenvalue weighted by atomic mass is 10.0. The number of methoxy groups -OCH3 is 1. The van der Waals surface area contributed by atoms with Crippen molar-refractivity contribution in [3.8, 4) is 5.75 Å². The van der Waals surface area contributed by atoms with Crippen LogP contribution in [0.1, 0.15) is 31.0 Å². The van der Waals surface area contributed by atoms with Gasteiger partial charge in [-0.05, 0) is 37.5 Å². The van der Waals surface area contributed by atoms with Gasteiger partial charge in [-0.3, -0.25) is 0 Å². The zero-order valence-electron chi connectivity index (χ0n) is 17.7. The molecule has 4 rings (SSSR count). The summed E-state index contributed by atoms with van der Waals surface area (Å²) >= 11 is 8.13. The first kappa shape index (κ1) is 22.4. The number of halogens is 1. The van der Waals surface area contributed by atoms with Gasteiger partial charge in [0.25, 0.3) is 0 Å². The van der Waals surface area contributed by atoms with E-state index in [9.17, 15) is 8.42 Å². The largest absolute Gasteiger partial charge is 0.497 e. The Bertz CT molecular complexity index is 1080. The fraction of sp³-hybridized carbons (Fsp3) is 0.435. The van der Waals surface area contributed by atoms with Crippen LogP contribution in [0.4, 0.5) is 5.13 Å². The van der Waals surface area contributed by atoms with Gasteiger partial charge in [-0.15, -0.1) is 22.9 Å². The van der Waals surface area contributed by atoms with Crippen molar-refractivity contribution >= 4 is 37.9 Å². The Balaban J connectivity index is 1.39.